The molecule has 28 heavy (non-hydrogen) atoms. The summed E-state index contributed by atoms with van der Waals surface area (Å²) >= 11 is 1.38. The van der Waals surface area contributed by atoms with Gasteiger partial charge in [0.25, 0.3) is 0 Å². The zero-order valence-electron chi connectivity index (χ0n) is 15.5. The Balaban J connectivity index is 1.73. The first kappa shape index (κ1) is 18.8. The van der Waals surface area contributed by atoms with Crippen molar-refractivity contribution in [3.05, 3.63) is 29.3 Å². The van der Waals surface area contributed by atoms with Crippen LogP contribution in [-0.2, 0) is 9.53 Å². The molecule has 1 fully saturated rings. The second kappa shape index (κ2) is 7.46. The van der Waals surface area contributed by atoms with Crippen molar-refractivity contribution in [1.29, 1.82) is 0 Å². The van der Waals surface area contributed by atoms with Gasteiger partial charge in [-0.15, -0.1) is 11.3 Å². The number of aromatic nitrogens is 2. The van der Waals surface area contributed by atoms with Crippen LogP contribution in [0.2, 0.25) is 0 Å². The number of likely N-dealkylation sites (N-methyl/N-ethyl adjacent to an activating group) is 1. The van der Waals surface area contributed by atoms with Gasteiger partial charge in [0.1, 0.15) is 17.6 Å². The van der Waals surface area contributed by atoms with Crippen LogP contribution in [0.25, 0.3) is 0 Å². The molecule has 3 unspecified atom stereocenters. The SMILES string of the molecule is CNC1CN(c2ccc3c(n2)N(c2nccs2)CC(C(=O)O)C3=O)CC1OC. The quantitative estimate of drug-likeness (QED) is 0.707. The van der Waals surface area contributed by atoms with E-state index < -0.39 is 17.7 Å². The Hall–Kier alpha value is -2.56. The number of rotatable bonds is 5. The molecule has 1 saturated heterocycles. The van der Waals surface area contributed by atoms with Crippen molar-refractivity contribution in [2.45, 2.75) is 12.1 Å². The smallest absolute Gasteiger partial charge is 0.316 e. The van der Waals surface area contributed by atoms with E-state index in [9.17, 15) is 14.7 Å². The Morgan fingerprint density at radius 1 is 1.36 bits per heavy atom. The standard InChI is InChI=1S/C18H21N5O4S/c1-19-12-8-22(9-13(12)27-2)14-4-3-10-15(24)11(17(25)26)7-23(16(10)21-14)18-20-5-6-28-18/h3-6,11-13,19H,7-9H2,1-2H3,(H,25,26). The molecule has 4 heterocycles. The normalized spacial score (nSPS) is 24.5. The molecule has 2 N–H and O–H groups in total. The van der Waals surface area contributed by atoms with Crippen molar-refractivity contribution in [1.82, 2.24) is 15.3 Å². The van der Waals surface area contributed by atoms with Gasteiger partial charge in [-0.3, -0.25) is 9.59 Å². The molecule has 2 aromatic heterocycles. The maximum absolute atomic E-state index is 12.7. The highest BCUT2D eigenvalue weighted by Gasteiger charge is 2.40. The van der Waals surface area contributed by atoms with Gasteiger partial charge in [0, 0.05) is 38.3 Å². The van der Waals surface area contributed by atoms with Gasteiger partial charge >= 0.3 is 5.97 Å². The summed E-state index contributed by atoms with van der Waals surface area (Å²) in [4.78, 5) is 37.1. The van der Waals surface area contributed by atoms with E-state index in [0.29, 0.717) is 23.1 Å². The first-order valence-corrected chi connectivity index (χ1v) is 9.81. The minimum Gasteiger partial charge on any atom is -0.481 e. The Kier molecular flexibility index (Phi) is 5.00. The second-order valence-corrected chi connectivity index (χ2v) is 7.67. The van der Waals surface area contributed by atoms with Gasteiger partial charge in [-0.1, -0.05) is 0 Å². The summed E-state index contributed by atoms with van der Waals surface area (Å²) in [5, 5.41) is 15.2. The molecule has 0 amide bonds. The lowest BCUT2D eigenvalue weighted by atomic mass is 9.93. The molecule has 4 rings (SSSR count). The largest absolute Gasteiger partial charge is 0.481 e. The molecule has 0 radical (unpaired) electrons. The molecule has 0 saturated carbocycles. The number of carbonyl (C=O) groups is 2. The van der Waals surface area contributed by atoms with Crippen LogP contribution in [0.15, 0.2) is 23.7 Å². The lowest BCUT2D eigenvalue weighted by molar-refractivity contribution is -0.139. The molecular weight excluding hydrogens is 382 g/mol. The number of carboxylic acids is 1. The van der Waals surface area contributed by atoms with Crippen LogP contribution in [0.3, 0.4) is 0 Å². The fourth-order valence-electron chi connectivity index (χ4n) is 3.74. The molecule has 148 valence electrons. The number of anilines is 3. The minimum absolute atomic E-state index is 0.0188. The summed E-state index contributed by atoms with van der Waals surface area (Å²) in [6.07, 6.45) is 1.69. The van der Waals surface area contributed by atoms with Crippen LogP contribution >= 0.6 is 11.3 Å². The van der Waals surface area contributed by atoms with Gasteiger partial charge in [0.05, 0.1) is 17.7 Å². The second-order valence-electron chi connectivity index (χ2n) is 6.80. The molecule has 10 heteroatoms. The van der Waals surface area contributed by atoms with Crippen molar-refractivity contribution < 1.29 is 19.4 Å². The summed E-state index contributed by atoms with van der Waals surface area (Å²) in [6, 6.07) is 3.62. The predicted molar refractivity (Wildman–Crippen MR) is 105 cm³/mol. The number of methoxy groups -OCH3 is 1. The number of ketones is 1. The minimum atomic E-state index is -1.14. The van der Waals surface area contributed by atoms with E-state index in [4.69, 9.17) is 9.72 Å². The van der Waals surface area contributed by atoms with Crippen molar-refractivity contribution in [2.75, 3.05) is 43.6 Å². The molecule has 2 aliphatic rings. The predicted octanol–water partition coefficient (Wildman–Crippen LogP) is 0.996. The van der Waals surface area contributed by atoms with E-state index >= 15 is 0 Å². The first-order valence-electron chi connectivity index (χ1n) is 8.93. The van der Waals surface area contributed by atoms with E-state index in [2.05, 4.69) is 15.2 Å². The highest BCUT2D eigenvalue weighted by Crippen LogP contribution is 2.37. The number of hydrogen-bond acceptors (Lipinski definition) is 9. The number of ether oxygens (including phenoxy) is 1. The van der Waals surface area contributed by atoms with Gasteiger partial charge in [0.2, 0.25) is 0 Å². The monoisotopic (exact) mass is 403 g/mol. The molecule has 2 aliphatic heterocycles. The molecule has 0 spiro atoms. The summed E-state index contributed by atoms with van der Waals surface area (Å²) in [6.45, 7) is 1.42. The van der Waals surface area contributed by atoms with Crippen molar-refractivity contribution in [3.8, 4) is 0 Å². The highest BCUT2D eigenvalue weighted by molar-refractivity contribution is 7.13. The number of Topliss-reactive ketones (excluding diaryl/α,β-unsaturated/α-hetero) is 1. The van der Waals surface area contributed by atoms with E-state index in [0.717, 1.165) is 12.4 Å². The van der Waals surface area contributed by atoms with Crippen LogP contribution in [0.5, 0.6) is 0 Å². The zero-order chi connectivity index (χ0) is 19.8. The van der Waals surface area contributed by atoms with Crippen LogP contribution in [0.4, 0.5) is 16.8 Å². The Bertz CT molecular complexity index is 878. The molecule has 0 aliphatic carbocycles. The van der Waals surface area contributed by atoms with E-state index in [1.807, 2.05) is 12.4 Å². The number of pyridine rings is 1. The number of fused-ring (bicyclic) bond motifs is 1. The molecule has 0 aromatic carbocycles. The van der Waals surface area contributed by atoms with Gasteiger partial charge in [-0.05, 0) is 19.2 Å². The number of nitrogens with zero attached hydrogens (tertiary/aromatic N) is 4. The third-order valence-electron chi connectivity index (χ3n) is 5.28. The molecular formula is C18H21N5O4S. The summed E-state index contributed by atoms with van der Waals surface area (Å²) < 4.78 is 5.55. The third-order valence-corrected chi connectivity index (χ3v) is 6.07. The Morgan fingerprint density at radius 3 is 2.79 bits per heavy atom. The van der Waals surface area contributed by atoms with E-state index in [-0.39, 0.29) is 18.7 Å². The maximum atomic E-state index is 12.7. The van der Waals surface area contributed by atoms with Gasteiger partial charge in [0.15, 0.2) is 10.9 Å². The van der Waals surface area contributed by atoms with Crippen molar-refractivity contribution in [2.24, 2.45) is 5.92 Å². The molecule has 3 atom stereocenters. The topological polar surface area (TPSA) is 108 Å². The Labute approximate surface area is 166 Å². The van der Waals surface area contributed by atoms with E-state index in [1.165, 1.54) is 11.3 Å². The first-order chi connectivity index (χ1) is 13.5. The zero-order valence-corrected chi connectivity index (χ0v) is 16.3. The number of carbonyl (C=O) groups excluding carboxylic acids is 1. The molecule has 9 nitrogen and oxygen atoms in total. The summed E-state index contributed by atoms with van der Waals surface area (Å²) in [5.74, 6) is -1.51. The number of hydrogen-bond donors (Lipinski definition) is 2. The Morgan fingerprint density at radius 2 is 2.18 bits per heavy atom. The van der Waals surface area contributed by atoms with Crippen molar-refractivity contribution >= 4 is 39.9 Å². The van der Waals surface area contributed by atoms with Crippen LogP contribution < -0.4 is 15.1 Å². The van der Waals surface area contributed by atoms with Gasteiger partial charge < -0.3 is 25.0 Å². The summed E-state index contributed by atoms with van der Waals surface area (Å²) in [5.41, 5.74) is 0.310. The highest BCUT2D eigenvalue weighted by atomic mass is 32.1. The average molecular weight is 403 g/mol. The van der Waals surface area contributed by atoms with Crippen LogP contribution in [-0.4, -0.2) is 72.8 Å². The number of nitrogens with one attached hydrogen (secondary N) is 1. The number of thiazole rings is 1. The van der Waals surface area contributed by atoms with Crippen LogP contribution in [0.1, 0.15) is 10.4 Å². The molecule has 2 aromatic rings. The summed E-state index contributed by atoms with van der Waals surface area (Å²) in [7, 11) is 3.59. The average Bonchev–Trinajstić information content (AvgIpc) is 3.37. The van der Waals surface area contributed by atoms with Crippen LogP contribution in [0, 0.1) is 5.92 Å². The lowest BCUT2D eigenvalue weighted by Gasteiger charge is -2.31. The van der Waals surface area contributed by atoms with Crippen molar-refractivity contribution in [3.63, 3.8) is 0 Å². The fourth-order valence-corrected chi connectivity index (χ4v) is 4.39. The molecule has 0 bridgehead atoms. The fraction of sp³-hybridized carbons (Fsp3) is 0.444. The number of carboxylic acid groups (broad SMARTS) is 1. The van der Waals surface area contributed by atoms with E-state index in [1.54, 1.807) is 30.3 Å². The van der Waals surface area contributed by atoms with Gasteiger partial charge in [-0.25, -0.2) is 9.97 Å². The maximum Gasteiger partial charge on any atom is 0.316 e. The third kappa shape index (κ3) is 3.13. The lowest BCUT2D eigenvalue weighted by Crippen LogP contribution is -2.41. The van der Waals surface area contributed by atoms with Gasteiger partial charge in [-0.2, -0.15) is 0 Å². The number of aliphatic carboxylic acids is 1.